The van der Waals surface area contributed by atoms with Crippen molar-refractivity contribution in [3.05, 3.63) is 53.6 Å². The van der Waals surface area contributed by atoms with Crippen LogP contribution in [0.1, 0.15) is 11.1 Å². The quantitative estimate of drug-likeness (QED) is 0.420. The molecule has 0 unspecified atom stereocenters. The Labute approximate surface area is 153 Å². The third-order valence-corrected chi connectivity index (χ3v) is 3.41. The van der Waals surface area contributed by atoms with E-state index in [9.17, 15) is 4.39 Å². The van der Waals surface area contributed by atoms with Gasteiger partial charge in [0.15, 0.2) is 5.96 Å². The van der Waals surface area contributed by atoms with Gasteiger partial charge in [-0.15, -0.1) is 24.0 Å². The molecule has 0 amide bonds. The van der Waals surface area contributed by atoms with Gasteiger partial charge >= 0.3 is 0 Å². The van der Waals surface area contributed by atoms with Crippen LogP contribution in [0.4, 0.5) is 4.39 Å². The van der Waals surface area contributed by atoms with Crippen molar-refractivity contribution in [2.75, 3.05) is 20.1 Å². The molecule has 1 aromatic carbocycles. The molecule has 0 atom stereocenters. The fourth-order valence-electron chi connectivity index (χ4n) is 2.20. The number of rotatable bonds is 6. The molecule has 0 saturated carbocycles. The van der Waals surface area contributed by atoms with Crippen LogP contribution < -0.4 is 10.6 Å². The molecule has 0 aliphatic rings. The van der Waals surface area contributed by atoms with Crippen molar-refractivity contribution >= 4 is 29.9 Å². The van der Waals surface area contributed by atoms with Crippen molar-refractivity contribution < 1.29 is 4.39 Å². The summed E-state index contributed by atoms with van der Waals surface area (Å²) in [5, 5.41) is 10.6. The van der Waals surface area contributed by atoms with Crippen LogP contribution in [0.15, 0.2) is 41.7 Å². The van der Waals surface area contributed by atoms with Crippen molar-refractivity contribution in [1.82, 2.24) is 20.4 Å². The Balaban J connectivity index is 0.00000264. The van der Waals surface area contributed by atoms with Crippen LogP contribution >= 0.6 is 24.0 Å². The Hall–Kier alpha value is -1.64. The van der Waals surface area contributed by atoms with Crippen LogP contribution in [0, 0.1) is 12.7 Å². The highest BCUT2D eigenvalue weighted by molar-refractivity contribution is 14.0. The predicted molar refractivity (Wildman–Crippen MR) is 102 cm³/mol. The number of guanidine groups is 1. The van der Waals surface area contributed by atoms with Gasteiger partial charge < -0.3 is 10.6 Å². The van der Waals surface area contributed by atoms with Crippen LogP contribution in [-0.2, 0) is 13.0 Å². The summed E-state index contributed by atoms with van der Waals surface area (Å²) < 4.78 is 14.9. The molecule has 0 aliphatic carbocycles. The molecule has 0 aliphatic heterocycles. The number of aromatic nitrogens is 2. The molecular weight excluding hydrogens is 408 g/mol. The highest BCUT2D eigenvalue weighted by Gasteiger charge is 2.01. The molecule has 7 heteroatoms. The number of aliphatic imine (C=N–C) groups is 1. The molecular formula is C16H23FIN5. The van der Waals surface area contributed by atoms with Gasteiger partial charge in [0.25, 0.3) is 0 Å². The fourth-order valence-corrected chi connectivity index (χ4v) is 2.20. The number of aryl methyl sites for hydroxylation is 1. The van der Waals surface area contributed by atoms with Gasteiger partial charge in [-0.25, -0.2) is 4.39 Å². The molecule has 2 rings (SSSR count). The van der Waals surface area contributed by atoms with Gasteiger partial charge in [0, 0.05) is 32.5 Å². The first-order chi connectivity index (χ1) is 10.7. The van der Waals surface area contributed by atoms with E-state index in [1.165, 1.54) is 6.07 Å². The number of hydrogen-bond acceptors (Lipinski definition) is 2. The van der Waals surface area contributed by atoms with Crippen molar-refractivity contribution in [2.24, 2.45) is 4.99 Å². The Morgan fingerprint density at radius 1 is 1.30 bits per heavy atom. The zero-order valence-electron chi connectivity index (χ0n) is 13.4. The third kappa shape index (κ3) is 6.55. The highest BCUT2D eigenvalue weighted by atomic mass is 127. The number of benzene rings is 1. The molecule has 126 valence electrons. The van der Waals surface area contributed by atoms with Gasteiger partial charge in [0.1, 0.15) is 5.82 Å². The normalized spacial score (nSPS) is 11.0. The Morgan fingerprint density at radius 2 is 2.09 bits per heavy atom. The second-order valence-electron chi connectivity index (χ2n) is 5.02. The summed E-state index contributed by atoms with van der Waals surface area (Å²) in [5.41, 5.74) is 2.12. The number of nitrogens with zero attached hydrogens (tertiary/aromatic N) is 3. The first kappa shape index (κ1) is 19.4. The van der Waals surface area contributed by atoms with E-state index in [2.05, 4.69) is 20.7 Å². The van der Waals surface area contributed by atoms with Crippen molar-refractivity contribution in [3.63, 3.8) is 0 Å². The number of hydrogen-bond donors (Lipinski definition) is 2. The average molecular weight is 431 g/mol. The minimum Gasteiger partial charge on any atom is -0.356 e. The zero-order chi connectivity index (χ0) is 15.8. The van der Waals surface area contributed by atoms with E-state index in [1.807, 2.05) is 29.9 Å². The summed E-state index contributed by atoms with van der Waals surface area (Å²) in [7, 11) is 1.74. The van der Waals surface area contributed by atoms with Crippen LogP contribution in [0.3, 0.4) is 0 Å². The summed E-state index contributed by atoms with van der Waals surface area (Å²) in [6.45, 7) is 4.20. The summed E-state index contributed by atoms with van der Waals surface area (Å²) in [5.74, 6) is 0.567. The van der Waals surface area contributed by atoms with Crippen molar-refractivity contribution in [1.29, 1.82) is 0 Å². The van der Waals surface area contributed by atoms with Crippen molar-refractivity contribution in [2.45, 2.75) is 19.9 Å². The van der Waals surface area contributed by atoms with E-state index in [1.54, 1.807) is 19.3 Å². The lowest BCUT2D eigenvalue weighted by molar-refractivity contribution is 0.597. The first-order valence-corrected chi connectivity index (χ1v) is 7.36. The van der Waals surface area contributed by atoms with Gasteiger partial charge in [0.05, 0.1) is 6.54 Å². The second-order valence-corrected chi connectivity index (χ2v) is 5.02. The van der Waals surface area contributed by atoms with Crippen LogP contribution in [0.2, 0.25) is 0 Å². The maximum atomic E-state index is 13.1. The van der Waals surface area contributed by atoms with E-state index in [0.717, 1.165) is 43.1 Å². The molecule has 0 bridgehead atoms. The predicted octanol–water partition coefficient (Wildman–Crippen LogP) is 2.36. The van der Waals surface area contributed by atoms with Gasteiger partial charge in [0.2, 0.25) is 0 Å². The maximum absolute atomic E-state index is 13.1. The molecule has 1 heterocycles. The molecule has 5 nitrogen and oxygen atoms in total. The monoisotopic (exact) mass is 431 g/mol. The zero-order valence-corrected chi connectivity index (χ0v) is 15.8. The fraction of sp³-hybridized carbons (Fsp3) is 0.375. The van der Waals surface area contributed by atoms with Gasteiger partial charge in [-0.05, 0) is 42.7 Å². The molecule has 0 spiro atoms. The molecule has 0 saturated heterocycles. The third-order valence-electron chi connectivity index (χ3n) is 3.41. The highest BCUT2D eigenvalue weighted by Crippen LogP contribution is 2.10. The van der Waals surface area contributed by atoms with Crippen LogP contribution in [0.5, 0.6) is 0 Å². The SMILES string of the molecule is CN=C(NCCc1ccc(F)cc1C)NCCn1cccn1.I. The van der Waals surface area contributed by atoms with E-state index in [-0.39, 0.29) is 29.8 Å². The summed E-state index contributed by atoms with van der Waals surface area (Å²) in [4.78, 5) is 4.18. The molecule has 0 fully saturated rings. The van der Waals surface area contributed by atoms with Crippen LogP contribution in [0.25, 0.3) is 0 Å². The van der Waals surface area contributed by atoms with Gasteiger partial charge in [-0.2, -0.15) is 5.10 Å². The maximum Gasteiger partial charge on any atom is 0.191 e. The largest absolute Gasteiger partial charge is 0.356 e. The average Bonchev–Trinajstić information content (AvgIpc) is 3.01. The number of nitrogens with one attached hydrogen (secondary N) is 2. The Kier molecular flexibility index (Phi) is 8.60. The van der Waals surface area contributed by atoms with E-state index in [4.69, 9.17) is 0 Å². The summed E-state index contributed by atoms with van der Waals surface area (Å²) >= 11 is 0. The van der Waals surface area contributed by atoms with E-state index >= 15 is 0 Å². The lowest BCUT2D eigenvalue weighted by Crippen LogP contribution is -2.39. The lowest BCUT2D eigenvalue weighted by atomic mass is 10.1. The summed E-state index contributed by atoms with van der Waals surface area (Å²) in [6, 6.07) is 6.80. The Morgan fingerprint density at radius 3 is 2.74 bits per heavy atom. The second kappa shape index (κ2) is 10.2. The van der Waals surface area contributed by atoms with E-state index in [0.29, 0.717) is 0 Å². The van der Waals surface area contributed by atoms with E-state index < -0.39 is 0 Å². The first-order valence-electron chi connectivity index (χ1n) is 7.36. The molecule has 0 radical (unpaired) electrons. The molecule has 1 aromatic heterocycles. The minimum absolute atomic E-state index is 0. The Bertz CT molecular complexity index is 613. The topological polar surface area (TPSA) is 54.2 Å². The van der Waals surface area contributed by atoms with Crippen molar-refractivity contribution in [3.8, 4) is 0 Å². The standard InChI is InChI=1S/C16H22FN5.HI/c1-13-12-15(17)5-4-14(13)6-8-19-16(18-2)20-9-11-22-10-3-7-21-22;/h3-5,7,10,12H,6,8-9,11H2,1-2H3,(H2,18,19,20);1H. The minimum atomic E-state index is -0.190. The lowest BCUT2D eigenvalue weighted by Gasteiger charge is -2.12. The molecule has 2 N–H and O–H groups in total. The smallest absolute Gasteiger partial charge is 0.191 e. The molecule has 2 aromatic rings. The van der Waals surface area contributed by atoms with Gasteiger partial charge in [-0.3, -0.25) is 9.67 Å². The number of halogens is 2. The van der Waals surface area contributed by atoms with Crippen LogP contribution in [-0.4, -0.2) is 35.9 Å². The van der Waals surface area contributed by atoms with Gasteiger partial charge in [-0.1, -0.05) is 6.07 Å². The molecule has 23 heavy (non-hydrogen) atoms. The summed E-state index contributed by atoms with van der Waals surface area (Å²) in [6.07, 6.45) is 4.51.